The number of anilines is 1. The van der Waals surface area contributed by atoms with Gasteiger partial charge in [0.05, 0.1) is 6.54 Å². The van der Waals surface area contributed by atoms with Crippen molar-refractivity contribution in [3.8, 4) is 0 Å². The zero-order valence-electron chi connectivity index (χ0n) is 10.9. The van der Waals surface area contributed by atoms with Crippen LogP contribution in [0, 0.1) is 5.82 Å². The summed E-state index contributed by atoms with van der Waals surface area (Å²) < 4.78 is 15.1. The van der Waals surface area contributed by atoms with E-state index in [1.54, 1.807) is 29.1 Å². The first kappa shape index (κ1) is 14.7. The molecule has 0 fully saturated rings. The second-order valence-corrected chi connectivity index (χ2v) is 4.91. The van der Waals surface area contributed by atoms with Gasteiger partial charge in [-0.1, -0.05) is 29.8 Å². The minimum Gasteiger partial charge on any atom is -0.363 e. The van der Waals surface area contributed by atoms with Gasteiger partial charge in [-0.2, -0.15) is 5.10 Å². The van der Waals surface area contributed by atoms with E-state index in [9.17, 15) is 4.39 Å². The Morgan fingerprint density at radius 3 is 2.90 bits per heavy atom. The van der Waals surface area contributed by atoms with E-state index in [0.29, 0.717) is 34.6 Å². The Balaban J connectivity index is 2.11. The second kappa shape index (κ2) is 6.67. The summed E-state index contributed by atoms with van der Waals surface area (Å²) >= 11 is 11.1. The van der Waals surface area contributed by atoms with Crippen LogP contribution in [0.4, 0.5) is 10.2 Å². The van der Waals surface area contributed by atoms with Gasteiger partial charge in [-0.3, -0.25) is 4.68 Å². The highest BCUT2D eigenvalue weighted by Gasteiger charge is 2.10. The lowest BCUT2D eigenvalue weighted by atomic mass is 10.2. The van der Waals surface area contributed by atoms with E-state index in [4.69, 9.17) is 23.8 Å². The van der Waals surface area contributed by atoms with Crippen LogP contribution in [0.5, 0.6) is 0 Å². The van der Waals surface area contributed by atoms with Gasteiger partial charge in [0.1, 0.15) is 10.8 Å². The summed E-state index contributed by atoms with van der Waals surface area (Å²) in [6, 6.07) is 6.56. The highest BCUT2D eigenvalue weighted by Crippen LogP contribution is 2.20. The number of aromatic nitrogens is 2. The number of hydrogen-bond donors (Lipinski definition) is 2. The Morgan fingerprint density at radius 2 is 2.20 bits per heavy atom. The normalized spacial score (nSPS) is 10.3. The summed E-state index contributed by atoms with van der Waals surface area (Å²) in [6.45, 7) is 2.95. The maximum absolute atomic E-state index is 13.6. The maximum Gasteiger partial charge on any atom is 0.173 e. The van der Waals surface area contributed by atoms with Crippen molar-refractivity contribution in [2.45, 2.75) is 13.5 Å². The molecule has 0 saturated carbocycles. The fourth-order valence-corrected chi connectivity index (χ4v) is 2.11. The monoisotopic (exact) mass is 312 g/mol. The molecule has 0 amide bonds. The number of rotatable bonds is 4. The fourth-order valence-electron chi connectivity index (χ4n) is 1.68. The van der Waals surface area contributed by atoms with Crippen molar-refractivity contribution in [3.05, 3.63) is 46.9 Å². The maximum atomic E-state index is 13.6. The van der Waals surface area contributed by atoms with E-state index in [1.165, 1.54) is 6.07 Å². The first-order valence-corrected chi connectivity index (χ1v) is 6.90. The van der Waals surface area contributed by atoms with Gasteiger partial charge < -0.3 is 10.6 Å². The second-order valence-electron chi connectivity index (χ2n) is 4.10. The lowest BCUT2D eigenvalue weighted by Crippen LogP contribution is -2.28. The largest absolute Gasteiger partial charge is 0.363 e. The number of nitrogens with one attached hydrogen (secondary N) is 2. The Hall–Kier alpha value is -1.66. The van der Waals surface area contributed by atoms with Crippen LogP contribution in [-0.4, -0.2) is 21.4 Å². The van der Waals surface area contributed by atoms with Crippen molar-refractivity contribution in [1.82, 2.24) is 15.1 Å². The van der Waals surface area contributed by atoms with Crippen molar-refractivity contribution in [2.24, 2.45) is 0 Å². The smallest absolute Gasteiger partial charge is 0.173 e. The predicted octanol–water partition coefficient (Wildman–Crippen LogP) is 3.03. The molecule has 0 bridgehead atoms. The van der Waals surface area contributed by atoms with Crippen molar-refractivity contribution >= 4 is 34.7 Å². The Kier molecular flexibility index (Phi) is 4.92. The Labute approximate surface area is 126 Å². The predicted molar refractivity (Wildman–Crippen MR) is 82.6 cm³/mol. The molecule has 1 heterocycles. The molecular formula is C13H14ClFN4S. The van der Waals surface area contributed by atoms with E-state index in [0.717, 1.165) is 0 Å². The summed E-state index contributed by atoms with van der Waals surface area (Å²) in [7, 11) is 0. The molecule has 1 aromatic heterocycles. The molecule has 0 radical (unpaired) electrons. The van der Waals surface area contributed by atoms with Crippen LogP contribution < -0.4 is 10.6 Å². The van der Waals surface area contributed by atoms with Crippen molar-refractivity contribution in [3.63, 3.8) is 0 Å². The topological polar surface area (TPSA) is 41.9 Å². The van der Waals surface area contributed by atoms with E-state index < -0.39 is 0 Å². The van der Waals surface area contributed by atoms with Crippen LogP contribution >= 0.6 is 23.8 Å². The zero-order valence-corrected chi connectivity index (χ0v) is 12.4. The molecule has 0 aliphatic rings. The van der Waals surface area contributed by atoms with Gasteiger partial charge in [-0.15, -0.1) is 0 Å². The molecule has 0 aliphatic heterocycles. The third-order valence-electron chi connectivity index (χ3n) is 2.58. The molecule has 2 N–H and O–H groups in total. The minimum absolute atomic E-state index is 0.267. The molecule has 0 saturated heterocycles. The highest BCUT2D eigenvalue weighted by molar-refractivity contribution is 7.80. The van der Waals surface area contributed by atoms with Gasteiger partial charge in [0.2, 0.25) is 0 Å². The first-order valence-electron chi connectivity index (χ1n) is 6.11. The molecule has 20 heavy (non-hydrogen) atoms. The van der Waals surface area contributed by atoms with Crippen molar-refractivity contribution in [2.75, 3.05) is 11.9 Å². The standard InChI is InChI=1S/C13H14ClFN4S/c1-2-16-13(20)17-12-10(14)8-19(18-12)7-9-5-3-4-6-11(9)15/h3-6,8H,2,7H2,1H3,(H2,16,17,18,20). The molecule has 0 atom stereocenters. The van der Waals surface area contributed by atoms with Crippen LogP contribution in [0.1, 0.15) is 12.5 Å². The molecule has 4 nitrogen and oxygen atoms in total. The number of thiocarbonyl (C=S) groups is 1. The molecule has 0 aliphatic carbocycles. The van der Waals surface area contributed by atoms with Gasteiger partial charge >= 0.3 is 0 Å². The van der Waals surface area contributed by atoms with Gasteiger partial charge in [-0.05, 0) is 25.2 Å². The number of nitrogens with zero attached hydrogens (tertiary/aromatic N) is 2. The molecule has 7 heteroatoms. The molecule has 106 valence electrons. The van der Waals surface area contributed by atoms with E-state index in [2.05, 4.69) is 15.7 Å². The van der Waals surface area contributed by atoms with Crippen LogP contribution in [0.25, 0.3) is 0 Å². The van der Waals surface area contributed by atoms with Gasteiger partial charge in [0.25, 0.3) is 0 Å². The summed E-state index contributed by atoms with van der Waals surface area (Å²) in [5.41, 5.74) is 0.549. The lowest BCUT2D eigenvalue weighted by Gasteiger charge is -2.06. The Morgan fingerprint density at radius 1 is 1.45 bits per heavy atom. The summed E-state index contributed by atoms with van der Waals surface area (Å²) in [5, 5.41) is 11.0. The summed E-state index contributed by atoms with van der Waals surface area (Å²) in [5.74, 6) is 0.186. The van der Waals surface area contributed by atoms with E-state index >= 15 is 0 Å². The van der Waals surface area contributed by atoms with Gasteiger partial charge in [-0.25, -0.2) is 4.39 Å². The highest BCUT2D eigenvalue weighted by atomic mass is 35.5. The SMILES string of the molecule is CCNC(=S)Nc1nn(Cc2ccccc2F)cc1Cl. The zero-order chi connectivity index (χ0) is 14.5. The van der Waals surface area contributed by atoms with Gasteiger partial charge in [0.15, 0.2) is 10.9 Å². The number of hydrogen-bond acceptors (Lipinski definition) is 2. The van der Waals surface area contributed by atoms with Crippen molar-refractivity contribution < 1.29 is 4.39 Å². The average Bonchev–Trinajstić information content (AvgIpc) is 2.73. The number of halogens is 2. The third-order valence-corrected chi connectivity index (χ3v) is 3.10. The van der Waals surface area contributed by atoms with Gasteiger partial charge in [0, 0.05) is 18.3 Å². The summed E-state index contributed by atoms with van der Waals surface area (Å²) in [6.07, 6.45) is 1.63. The molecule has 1 aromatic carbocycles. The molecule has 2 aromatic rings. The lowest BCUT2D eigenvalue weighted by molar-refractivity contribution is 0.586. The molecular weight excluding hydrogens is 299 g/mol. The number of benzene rings is 1. The minimum atomic E-state index is -0.267. The summed E-state index contributed by atoms with van der Waals surface area (Å²) in [4.78, 5) is 0. The Bertz CT molecular complexity index is 614. The molecule has 0 unspecified atom stereocenters. The molecule has 0 spiro atoms. The van der Waals surface area contributed by atoms with Crippen molar-refractivity contribution in [1.29, 1.82) is 0 Å². The van der Waals surface area contributed by atoms with Crippen LogP contribution in [0.2, 0.25) is 5.02 Å². The first-order chi connectivity index (χ1) is 9.60. The van der Waals surface area contributed by atoms with E-state index in [-0.39, 0.29) is 5.82 Å². The van der Waals surface area contributed by atoms with E-state index in [1.807, 2.05) is 6.92 Å². The fraction of sp³-hybridized carbons (Fsp3) is 0.231. The van der Waals surface area contributed by atoms with Crippen LogP contribution in [0.3, 0.4) is 0 Å². The van der Waals surface area contributed by atoms with Crippen LogP contribution in [0.15, 0.2) is 30.5 Å². The third kappa shape index (κ3) is 3.68. The van der Waals surface area contributed by atoms with Crippen LogP contribution in [-0.2, 0) is 6.54 Å². The quantitative estimate of drug-likeness (QED) is 0.852. The molecule has 2 rings (SSSR count). The average molecular weight is 313 g/mol.